The Morgan fingerprint density at radius 2 is 2.00 bits per heavy atom. The van der Waals surface area contributed by atoms with E-state index in [0.29, 0.717) is 5.11 Å². The molecule has 2 rings (SSSR count). The molecule has 2 aromatic rings. The van der Waals surface area contributed by atoms with Crippen molar-refractivity contribution in [1.82, 2.24) is 9.88 Å². The zero-order valence-electron chi connectivity index (χ0n) is 15.3. The van der Waals surface area contributed by atoms with Crippen LogP contribution in [0.4, 0.5) is 5.69 Å². The quantitative estimate of drug-likeness (QED) is 0.740. The number of likely N-dealkylation sites (N-methyl/N-ethyl adjacent to an activating group) is 1. The Morgan fingerprint density at radius 3 is 2.64 bits per heavy atom. The van der Waals surface area contributed by atoms with Crippen LogP contribution in [0.3, 0.4) is 0 Å². The van der Waals surface area contributed by atoms with Gasteiger partial charge in [-0.2, -0.15) is 0 Å². The standard InChI is InChI=1S/C19H26N4OS/c1-15(16-8-10-20-11-9-16)23(13-12-22(2)3)19(25)21-17-6-5-7-18(14-17)24-4/h5-11,14-15H,12-13H2,1-4H3,(H,21,25)/p+1. The first kappa shape index (κ1) is 19.1. The summed E-state index contributed by atoms with van der Waals surface area (Å²) in [5.74, 6) is 0.805. The van der Waals surface area contributed by atoms with Crippen LogP contribution < -0.4 is 15.0 Å². The molecule has 1 aromatic heterocycles. The predicted molar refractivity (Wildman–Crippen MR) is 106 cm³/mol. The van der Waals surface area contributed by atoms with Crippen LogP contribution in [0.1, 0.15) is 18.5 Å². The molecule has 2 N–H and O–H groups in total. The van der Waals surface area contributed by atoms with E-state index in [1.165, 1.54) is 10.5 Å². The van der Waals surface area contributed by atoms with Crippen molar-refractivity contribution in [1.29, 1.82) is 0 Å². The van der Waals surface area contributed by atoms with E-state index in [9.17, 15) is 0 Å². The van der Waals surface area contributed by atoms with E-state index in [2.05, 4.69) is 36.2 Å². The maximum atomic E-state index is 5.71. The molecule has 1 atom stereocenters. The second-order valence-electron chi connectivity index (χ2n) is 6.27. The SMILES string of the molecule is COc1cccc(NC(=S)N(CC[NH+](C)C)C(C)c2ccncc2)c1. The lowest BCUT2D eigenvalue weighted by Gasteiger charge is -2.32. The van der Waals surface area contributed by atoms with E-state index in [1.54, 1.807) is 7.11 Å². The predicted octanol–water partition coefficient (Wildman–Crippen LogP) is 1.99. The number of anilines is 1. The van der Waals surface area contributed by atoms with Crippen LogP contribution in [-0.2, 0) is 0 Å². The molecule has 0 aliphatic rings. The van der Waals surface area contributed by atoms with Gasteiger partial charge in [-0.25, -0.2) is 0 Å². The summed E-state index contributed by atoms with van der Waals surface area (Å²) in [6.07, 6.45) is 3.64. The minimum absolute atomic E-state index is 0.160. The zero-order valence-corrected chi connectivity index (χ0v) is 16.1. The fourth-order valence-corrected chi connectivity index (χ4v) is 2.90. The Morgan fingerprint density at radius 1 is 1.28 bits per heavy atom. The molecule has 0 radical (unpaired) electrons. The van der Waals surface area contributed by atoms with Crippen molar-refractivity contribution < 1.29 is 9.64 Å². The molecule has 0 bridgehead atoms. The summed E-state index contributed by atoms with van der Waals surface area (Å²) in [4.78, 5) is 7.71. The Labute approximate surface area is 155 Å². The number of benzene rings is 1. The molecule has 134 valence electrons. The Kier molecular flexibility index (Phi) is 7.16. The van der Waals surface area contributed by atoms with Gasteiger partial charge >= 0.3 is 0 Å². The number of nitrogens with one attached hydrogen (secondary N) is 2. The minimum Gasteiger partial charge on any atom is -0.497 e. The third kappa shape index (κ3) is 5.69. The van der Waals surface area contributed by atoms with Crippen molar-refractivity contribution in [2.75, 3.05) is 39.6 Å². The first-order valence-electron chi connectivity index (χ1n) is 8.42. The van der Waals surface area contributed by atoms with Gasteiger partial charge in [0, 0.05) is 24.1 Å². The molecular formula is C19H27N4OS+. The van der Waals surface area contributed by atoms with Crippen molar-refractivity contribution in [3.8, 4) is 5.75 Å². The van der Waals surface area contributed by atoms with Crippen LogP contribution in [-0.4, -0.2) is 49.3 Å². The van der Waals surface area contributed by atoms with Gasteiger partial charge in [-0.05, 0) is 49.0 Å². The Hall–Kier alpha value is -2.18. The third-order valence-corrected chi connectivity index (χ3v) is 4.43. The molecular weight excluding hydrogens is 332 g/mol. The monoisotopic (exact) mass is 359 g/mol. The van der Waals surface area contributed by atoms with Crippen LogP contribution in [0.15, 0.2) is 48.8 Å². The van der Waals surface area contributed by atoms with Crippen molar-refractivity contribution in [2.45, 2.75) is 13.0 Å². The van der Waals surface area contributed by atoms with Gasteiger partial charge in [0.2, 0.25) is 0 Å². The summed E-state index contributed by atoms with van der Waals surface area (Å²) < 4.78 is 5.29. The molecule has 1 heterocycles. The first-order valence-corrected chi connectivity index (χ1v) is 8.82. The van der Waals surface area contributed by atoms with Crippen LogP contribution in [0, 0.1) is 0 Å². The average Bonchev–Trinajstić information content (AvgIpc) is 2.62. The highest BCUT2D eigenvalue weighted by Crippen LogP contribution is 2.22. The molecule has 25 heavy (non-hydrogen) atoms. The number of pyridine rings is 1. The summed E-state index contributed by atoms with van der Waals surface area (Å²) in [5, 5.41) is 4.05. The van der Waals surface area contributed by atoms with E-state index >= 15 is 0 Å². The lowest BCUT2D eigenvalue weighted by atomic mass is 10.1. The van der Waals surface area contributed by atoms with Crippen LogP contribution in [0.25, 0.3) is 0 Å². The van der Waals surface area contributed by atoms with Gasteiger partial charge in [-0.15, -0.1) is 0 Å². The molecule has 0 fully saturated rings. The van der Waals surface area contributed by atoms with Gasteiger partial charge in [0.05, 0.1) is 40.3 Å². The molecule has 0 aliphatic heterocycles. The molecule has 1 aromatic carbocycles. The zero-order chi connectivity index (χ0) is 18.2. The minimum atomic E-state index is 0.160. The largest absolute Gasteiger partial charge is 0.497 e. The highest BCUT2D eigenvalue weighted by atomic mass is 32.1. The summed E-state index contributed by atoms with van der Waals surface area (Å²) in [7, 11) is 5.96. The summed E-state index contributed by atoms with van der Waals surface area (Å²) in [6.45, 7) is 4.02. The number of ether oxygens (including phenoxy) is 1. The van der Waals surface area contributed by atoms with E-state index in [-0.39, 0.29) is 6.04 Å². The third-order valence-electron chi connectivity index (χ3n) is 4.09. The molecule has 0 aliphatic carbocycles. The number of rotatable bonds is 7. The topological polar surface area (TPSA) is 41.8 Å². The van der Waals surface area contributed by atoms with E-state index in [4.69, 9.17) is 17.0 Å². The first-order chi connectivity index (χ1) is 12.0. The number of hydrogen-bond acceptors (Lipinski definition) is 3. The molecule has 0 saturated heterocycles. The molecule has 0 amide bonds. The second kappa shape index (κ2) is 9.34. The number of methoxy groups -OCH3 is 1. The van der Waals surface area contributed by atoms with E-state index < -0.39 is 0 Å². The number of quaternary nitrogens is 1. The summed E-state index contributed by atoms with van der Waals surface area (Å²) >= 11 is 5.71. The smallest absolute Gasteiger partial charge is 0.174 e. The molecule has 0 saturated carbocycles. The van der Waals surface area contributed by atoms with Gasteiger partial charge in [0.25, 0.3) is 0 Å². The number of nitrogens with zero attached hydrogens (tertiary/aromatic N) is 2. The summed E-state index contributed by atoms with van der Waals surface area (Å²) in [5.41, 5.74) is 2.12. The van der Waals surface area contributed by atoms with Gasteiger partial charge < -0.3 is 19.9 Å². The molecule has 1 unspecified atom stereocenters. The molecule has 6 heteroatoms. The number of hydrogen-bond donors (Lipinski definition) is 2. The Bertz CT molecular complexity index is 678. The normalized spacial score (nSPS) is 11.9. The van der Waals surface area contributed by atoms with Crippen molar-refractivity contribution >= 4 is 23.0 Å². The van der Waals surface area contributed by atoms with Crippen molar-refractivity contribution in [3.05, 3.63) is 54.4 Å². The van der Waals surface area contributed by atoms with E-state index in [0.717, 1.165) is 24.5 Å². The number of aromatic nitrogens is 1. The second-order valence-corrected chi connectivity index (χ2v) is 6.66. The molecule has 5 nitrogen and oxygen atoms in total. The van der Waals surface area contributed by atoms with Crippen LogP contribution in [0.5, 0.6) is 5.75 Å². The maximum absolute atomic E-state index is 5.71. The van der Waals surface area contributed by atoms with Crippen LogP contribution >= 0.6 is 12.2 Å². The molecule has 0 spiro atoms. The van der Waals surface area contributed by atoms with Gasteiger partial charge in [0.1, 0.15) is 5.75 Å². The fourth-order valence-electron chi connectivity index (χ4n) is 2.53. The van der Waals surface area contributed by atoms with Crippen molar-refractivity contribution in [3.63, 3.8) is 0 Å². The lowest BCUT2D eigenvalue weighted by Crippen LogP contribution is -3.06. The Balaban J connectivity index is 2.17. The van der Waals surface area contributed by atoms with E-state index in [1.807, 2.05) is 48.8 Å². The van der Waals surface area contributed by atoms with Gasteiger partial charge in [-0.3, -0.25) is 4.98 Å². The average molecular weight is 360 g/mol. The van der Waals surface area contributed by atoms with Crippen LogP contribution in [0.2, 0.25) is 0 Å². The van der Waals surface area contributed by atoms with Crippen molar-refractivity contribution in [2.24, 2.45) is 0 Å². The van der Waals surface area contributed by atoms with Gasteiger partial charge in [-0.1, -0.05) is 6.07 Å². The lowest BCUT2D eigenvalue weighted by molar-refractivity contribution is -0.857. The maximum Gasteiger partial charge on any atom is 0.174 e. The highest BCUT2D eigenvalue weighted by molar-refractivity contribution is 7.80. The number of thiocarbonyl (C=S) groups is 1. The fraction of sp³-hybridized carbons (Fsp3) is 0.368. The highest BCUT2D eigenvalue weighted by Gasteiger charge is 2.20. The van der Waals surface area contributed by atoms with Gasteiger partial charge in [0.15, 0.2) is 5.11 Å². The summed E-state index contributed by atoms with van der Waals surface area (Å²) in [6, 6.07) is 12.0.